The van der Waals surface area contributed by atoms with Crippen molar-refractivity contribution in [1.82, 2.24) is 5.32 Å². The van der Waals surface area contributed by atoms with Crippen LogP contribution in [0.2, 0.25) is 0 Å². The minimum atomic E-state index is -0.969. The predicted molar refractivity (Wildman–Crippen MR) is 88.6 cm³/mol. The number of thiophene rings is 1. The van der Waals surface area contributed by atoms with Crippen LogP contribution in [0.25, 0.3) is 0 Å². The Morgan fingerprint density at radius 2 is 2.33 bits per heavy atom. The first-order chi connectivity index (χ1) is 7.92. The molecule has 0 fully saturated rings. The first-order valence-corrected chi connectivity index (χ1v) is 6.24. The number of aliphatic imine (C=N–C) groups is 1. The van der Waals surface area contributed by atoms with E-state index in [1.54, 1.807) is 6.92 Å². The van der Waals surface area contributed by atoms with Crippen LogP contribution in [-0.4, -0.2) is 24.2 Å². The molecule has 1 unspecified atom stereocenters. The topological polar surface area (TPSA) is 70.6 Å². The van der Waals surface area contributed by atoms with Crippen molar-refractivity contribution in [3.63, 3.8) is 0 Å². The van der Waals surface area contributed by atoms with Crippen molar-refractivity contribution in [1.29, 1.82) is 0 Å². The van der Waals surface area contributed by atoms with E-state index in [2.05, 4.69) is 16.9 Å². The number of nitrogens with one attached hydrogen (secondary N) is 1. The third kappa shape index (κ3) is 5.83. The van der Waals surface area contributed by atoms with Gasteiger partial charge >= 0.3 is 0 Å². The Bertz CT molecular complexity index is 401. The van der Waals surface area contributed by atoms with Crippen molar-refractivity contribution in [2.24, 2.45) is 10.7 Å². The predicted octanol–water partition coefficient (Wildman–Crippen LogP) is 2.05. The lowest BCUT2D eigenvalue weighted by Crippen LogP contribution is -2.35. The van der Waals surface area contributed by atoms with Gasteiger partial charge in [0.05, 0.1) is 6.54 Å². The molecule has 1 heterocycles. The molecule has 4 nitrogen and oxygen atoms in total. The minimum Gasteiger partial charge on any atom is -0.383 e. The largest absolute Gasteiger partial charge is 0.383 e. The fourth-order valence-corrected chi connectivity index (χ4v) is 1.98. The van der Waals surface area contributed by atoms with Gasteiger partial charge in [-0.05, 0) is 25.3 Å². The molecule has 1 atom stereocenters. The smallest absolute Gasteiger partial charge is 0.188 e. The van der Waals surface area contributed by atoms with Gasteiger partial charge < -0.3 is 16.2 Å². The zero-order valence-corrected chi connectivity index (χ0v) is 13.8. The van der Waals surface area contributed by atoms with E-state index in [4.69, 9.17) is 5.73 Å². The van der Waals surface area contributed by atoms with Gasteiger partial charge in [0.2, 0.25) is 0 Å². The molecule has 0 aliphatic rings. The highest BCUT2D eigenvalue weighted by atomic mass is 127. The fraction of sp³-hybridized carbons (Fsp3) is 0.417. The summed E-state index contributed by atoms with van der Waals surface area (Å²) >= 11 is 1.51. The van der Waals surface area contributed by atoms with Crippen molar-refractivity contribution in [3.05, 3.63) is 34.5 Å². The van der Waals surface area contributed by atoms with Crippen molar-refractivity contribution >= 4 is 41.3 Å². The number of guanidine groups is 1. The van der Waals surface area contributed by atoms with E-state index in [1.165, 1.54) is 11.3 Å². The molecule has 1 rings (SSSR count). The lowest BCUT2D eigenvalue weighted by atomic mass is 10.1. The number of nitrogens with zero attached hydrogens (tertiary/aromatic N) is 1. The van der Waals surface area contributed by atoms with Crippen LogP contribution in [0, 0.1) is 0 Å². The number of aliphatic hydroxyl groups is 1. The van der Waals surface area contributed by atoms with E-state index < -0.39 is 5.60 Å². The average molecular weight is 381 g/mol. The first kappa shape index (κ1) is 17.4. The summed E-state index contributed by atoms with van der Waals surface area (Å²) in [4.78, 5) is 5.01. The van der Waals surface area contributed by atoms with E-state index in [0.717, 1.165) is 10.5 Å². The summed E-state index contributed by atoms with van der Waals surface area (Å²) < 4.78 is 0. The number of hydrogen-bond donors (Lipinski definition) is 3. The van der Waals surface area contributed by atoms with Crippen LogP contribution in [-0.2, 0) is 5.60 Å². The molecule has 0 radical (unpaired) electrons. The molecular weight excluding hydrogens is 361 g/mol. The van der Waals surface area contributed by atoms with Crippen LogP contribution in [0.1, 0.15) is 18.7 Å². The number of nitrogens with two attached hydrogens (primary N) is 1. The van der Waals surface area contributed by atoms with Crippen molar-refractivity contribution in [2.75, 3.05) is 13.1 Å². The van der Waals surface area contributed by atoms with Crippen LogP contribution in [0.5, 0.6) is 0 Å². The molecular formula is C12H20IN3OS. The minimum absolute atomic E-state index is 0. The Hall–Kier alpha value is -0.600. The van der Waals surface area contributed by atoms with Crippen LogP contribution in [0.15, 0.2) is 34.7 Å². The summed E-state index contributed by atoms with van der Waals surface area (Å²) in [7, 11) is 0. The molecule has 6 heteroatoms. The monoisotopic (exact) mass is 381 g/mol. The van der Waals surface area contributed by atoms with E-state index in [1.807, 2.05) is 24.4 Å². The van der Waals surface area contributed by atoms with E-state index in [9.17, 15) is 5.11 Å². The third-order valence-corrected chi connectivity index (χ3v) is 3.30. The average Bonchev–Trinajstić information content (AvgIpc) is 2.77. The molecule has 4 N–H and O–H groups in total. The number of rotatable bonds is 5. The second-order valence-electron chi connectivity index (χ2n) is 4.26. The zero-order valence-electron chi connectivity index (χ0n) is 10.6. The lowest BCUT2D eigenvalue weighted by Gasteiger charge is -2.19. The van der Waals surface area contributed by atoms with Crippen LogP contribution < -0.4 is 11.1 Å². The summed E-state index contributed by atoms with van der Waals surface area (Å²) in [5.41, 5.74) is 5.68. The second-order valence-corrected chi connectivity index (χ2v) is 5.21. The second kappa shape index (κ2) is 7.75. The highest BCUT2D eigenvalue weighted by Crippen LogP contribution is 2.25. The highest BCUT2D eigenvalue weighted by molar-refractivity contribution is 14.0. The molecule has 0 saturated carbocycles. The van der Waals surface area contributed by atoms with E-state index in [0.29, 0.717) is 12.5 Å². The van der Waals surface area contributed by atoms with Gasteiger partial charge in [-0.2, -0.15) is 0 Å². The third-order valence-electron chi connectivity index (χ3n) is 2.18. The molecule has 0 bridgehead atoms. The van der Waals surface area contributed by atoms with Gasteiger partial charge in [0.15, 0.2) is 5.96 Å². The Morgan fingerprint density at radius 3 is 2.83 bits per heavy atom. The van der Waals surface area contributed by atoms with E-state index >= 15 is 0 Å². The standard InChI is InChI=1S/C12H19N3OS.HI/c1-9(2)7-14-11(13)15-8-12(3,16)10-5-4-6-17-10;/h4-6,16H,1,7-8H2,2-3H3,(H3,13,14,15);1H. The van der Waals surface area contributed by atoms with Gasteiger partial charge in [-0.1, -0.05) is 18.2 Å². The van der Waals surface area contributed by atoms with Crippen molar-refractivity contribution in [3.8, 4) is 0 Å². The molecule has 0 amide bonds. The Morgan fingerprint density at radius 1 is 1.67 bits per heavy atom. The summed E-state index contributed by atoms with van der Waals surface area (Å²) in [5, 5.41) is 15.1. The first-order valence-electron chi connectivity index (χ1n) is 5.36. The summed E-state index contributed by atoms with van der Waals surface area (Å²) in [5.74, 6) is 0.324. The van der Waals surface area contributed by atoms with Gasteiger partial charge in [-0.3, -0.25) is 4.99 Å². The number of halogens is 1. The molecule has 0 spiro atoms. The summed E-state index contributed by atoms with van der Waals surface area (Å²) in [6.45, 7) is 8.22. The van der Waals surface area contributed by atoms with Gasteiger partial charge in [0.25, 0.3) is 0 Å². The summed E-state index contributed by atoms with van der Waals surface area (Å²) in [6.07, 6.45) is 0. The quantitative estimate of drug-likeness (QED) is 0.317. The molecule has 1 aromatic rings. The lowest BCUT2D eigenvalue weighted by molar-refractivity contribution is 0.0712. The maximum atomic E-state index is 10.2. The normalized spacial score (nSPS) is 14.5. The highest BCUT2D eigenvalue weighted by Gasteiger charge is 2.23. The Kier molecular flexibility index (Phi) is 7.49. The van der Waals surface area contributed by atoms with Crippen LogP contribution in [0.4, 0.5) is 0 Å². The SMILES string of the molecule is C=C(C)CNC(N)=NCC(C)(O)c1cccs1.I. The van der Waals surface area contributed by atoms with Gasteiger partial charge in [-0.15, -0.1) is 35.3 Å². The molecule has 0 aliphatic carbocycles. The van der Waals surface area contributed by atoms with E-state index in [-0.39, 0.29) is 30.5 Å². The molecule has 1 aromatic heterocycles. The fourth-order valence-electron chi connectivity index (χ4n) is 1.20. The molecule has 102 valence electrons. The van der Waals surface area contributed by atoms with Crippen LogP contribution in [0.3, 0.4) is 0 Å². The molecule has 0 aliphatic heterocycles. The number of hydrogen-bond acceptors (Lipinski definition) is 3. The molecule has 0 saturated heterocycles. The maximum Gasteiger partial charge on any atom is 0.188 e. The van der Waals surface area contributed by atoms with Gasteiger partial charge in [0, 0.05) is 11.4 Å². The Balaban J connectivity index is 0.00000289. The Labute approximate surface area is 129 Å². The molecule has 18 heavy (non-hydrogen) atoms. The van der Waals surface area contributed by atoms with Crippen molar-refractivity contribution in [2.45, 2.75) is 19.4 Å². The molecule has 0 aromatic carbocycles. The van der Waals surface area contributed by atoms with Gasteiger partial charge in [0.1, 0.15) is 5.60 Å². The van der Waals surface area contributed by atoms with Crippen LogP contribution >= 0.6 is 35.3 Å². The van der Waals surface area contributed by atoms with Gasteiger partial charge in [-0.25, -0.2) is 0 Å². The zero-order chi connectivity index (χ0) is 12.9. The summed E-state index contributed by atoms with van der Waals surface area (Å²) in [6, 6.07) is 3.79. The van der Waals surface area contributed by atoms with Crippen molar-refractivity contribution < 1.29 is 5.11 Å². The maximum absolute atomic E-state index is 10.2.